The number of azo groups is 1. The number of nitrogens with two attached hydrogens (primary N) is 1. The minimum atomic E-state index is -0.393. The first-order valence-corrected chi connectivity index (χ1v) is 20.6. The molecule has 4 heterocycles. The number of hydrogen-bond acceptors (Lipinski definition) is 14. The maximum absolute atomic E-state index is 13.3. The molecule has 2 aromatic carbocycles. The predicted molar refractivity (Wildman–Crippen MR) is 228 cm³/mol. The maximum atomic E-state index is 13.3. The number of amides is 2. The Bertz CT molecular complexity index is 2560. The number of carbonyl (C=O) groups is 4. The lowest BCUT2D eigenvalue weighted by Crippen LogP contribution is -2.29. The average molecular weight is 841 g/mol. The van der Waals surface area contributed by atoms with Gasteiger partial charge in [0.05, 0.1) is 40.7 Å². The number of para-hydroxylation sites is 1. The number of H-pyrrole nitrogens is 1. The van der Waals surface area contributed by atoms with Gasteiger partial charge in [-0.1, -0.05) is 31.2 Å². The van der Waals surface area contributed by atoms with E-state index >= 15 is 0 Å². The number of aromatic amines is 1. The number of rotatable bonds is 19. The monoisotopic (exact) mass is 840 g/mol. The van der Waals surface area contributed by atoms with Gasteiger partial charge in [0.2, 0.25) is 22.7 Å². The molecule has 6 aromatic rings. The summed E-state index contributed by atoms with van der Waals surface area (Å²) < 4.78 is 13.8. The molecule has 0 aliphatic rings. The third-order valence-electron chi connectivity index (χ3n) is 8.86. The second kappa shape index (κ2) is 19.3. The van der Waals surface area contributed by atoms with Crippen LogP contribution < -0.4 is 32.0 Å². The van der Waals surface area contributed by atoms with Gasteiger partial charge in [-0.15, -0.1) is 32.9 Å². The van der Waals surface area contributed by atoms with E-state index in [1.807, 2.05) is 55.6 Å². The van der Waals surface area contributed by atoms with E-state index in [1.165, 1.54) is 33.7 Å². The first kappa shape index (κ1) is 42.2. The molecule has 17 nitrogen and oxygen atoms in total. The summed E-state index contributed by atoms with van der Waals surface area (Å²) in [6.07, 6.45) is 2.38. The molecule has 0 aliphatic carbocycles. The van der Waals surface area contributed by atoms with Crippen molar-refractivity contribution >= 4 is 79.1 Å². The van der Waals surface area contributed by atoms with Crippen LogP contribution >= 0.6 is 22.7 Å². The van der Waals surface area contributed by atoms with Gasteiger partial charge >= 0.3 is 5.56 Å². The largest absolute Gasteiger partial charge is 0.492 e. The highest BCUT2D eigenvalue weighted by atomic mass is 32.1. The van der Waals surface area contributed by atoms with Crippen molar-refractivity contribution in [2.45, 2.75) is 40.5 Å². The number of thiazole rings is 1. The van der Waals surface area contributed by atoms with E-state index in [0.717, 1.165) is 29.0 Å². The van der Waals surface area contributed by atoms with Crippen LogP contribution in [-0.2, 0) is 9.53 Å². The molecule has 0 fully saturated rings. The third kappa shape index (κ3) is 9.82. The lowest BCUT2D eigenvalue weighted by atomic mass is 10.1. The molecule has 4 aromatic heterocycles. The van der Waals surface area contributed by atoms with Crippen molar-refractivity contribution in [1.82, 2.24) is 30.0 Å². The van der Waals surface area contributed by atoms with Gasteiger partial charge in [0.25, 0.3) is 5.91 Å². The van der Waals surface area contributed by atoms with Crippen LogP contribution in [-0.4, -0.2) is 82.3 Å². The van der Waals surface area contributed by atoms with E-state index in [-0.39, 0.29) is 71.3 Å². The number of hydrogen-bond donors (Lipinski definition) is 5. The lowest BCUT2D eigenvalue weighted by Gasteiger charge is -2.08. The molecular formula is C40H44N10O7S2. The molecule has 6 N–H and O–H groups in total. The number of nitrogens with zero attached hydrogens (tertiary/aromatic N) is 5. The van der Waals surface area contributed by atoms with Crippen LogP contribution in [0, 0.1) is 6.92 Å². The molecule has 0 saturated heterocycles. The fourth-order valence-corrected chi connectivity index (χ4v) is 7.90. The van der Waals surface area contributed by atoms with Crippen molar-refractivity contribution in [1.29, 1.82) is 0 Å². The number of ether oxygens (including phenoxy) is 2. The van der Waals surface area contributed by atoms with E-state index < -0.39 is 5.78 Å². The quantitative estimate of drug-likeness (QED) is 0.0332. The zero-order valence-corrected chi connectivity index (χ0v) is 34.6. The van der Waals surface area contributed by atoms with Crippen LogP contribution in [0.2, 0.25) is 0 Å². The zero-order chi connectivity index (χ0) is 42.1. The molecule has 0 atom stereocenters. The number of nitrogens with one attached hydrogen (secondary N) is 4. The molecule has 0 saturated carbocycles. The number of ketones is 1. The molecule has 308 valence electrons. The Labute approximate surface area is 346 Å². The van der Waals surface area contributed by atoms with Gasteiger partial charge in [-0.3, -0.25) is 33.6 Å². The van der Waals surface area contributed by atoms with Gasteiger partial charge in [0.1, 0.15) is 22.9 Å². The Balaban J connectivity index is 0.942. The SMILES string of the molecule is CCCNC(=O)c1cn(C(C)=O)c2sc(C(=O)COCCNC(=O)CCNc3ccc(-c4csc(-n5[nH]c(C)c(N=Nc6ccccc6OCC)c5=O)n4)cc3)c(N)c12. The van der Waals surface area contributed by atoms with Crippen LogP contribution in [0.25, 0.3) is 26.6 Å². The Kier molecular flexibility index (Phi) is 13.8. The molecule has 0 bridgehead atoms. The Morgan fingerprint density at radius 1 is 1.00 bits per heavy atom. The highest BCUT2D eigenvalue weighted by Gasteiger charge is 2.26. The minimum absolute atomic E-state index is 0.0915. The Morgan fingerprint density at radius 3 is 2.53 bits per heavy atom. The topological polar surface area (TPSA) is 229 Å². The van der Waals surface area contributed by atoms with Crippen molar-refractivity contribution in [3.63, 3.8) is 0 Å². The van der Waals surface area contributed by atoms with Crippen molar-refractivity contribution < 1.29 is 28.7 Å². The van der Waals surface area contributed by atoms with Crippen LogP contribution in [0.5, 0.6) is 5.75 Å². The van der Waals surface area contributed by atoms with Gasteiger partial charge in [-0.2, -0.15) is 4.68 Å². The molecule has 0 radical (unpaired) electrons. The van der Waals surface area contributed by atoms with Gasteiger partial charge in [0, 0.05) is 61.2 Å². The number of benzene rings is 2. The standard InChI is InChI=1S/C40H44N10O7S2/c1-5-16-44-37(54)27-20-49(24(4)51)39-33(27)34(41)36(59-39)30(52)21-56-19-18-43-32(53)15-17-42-26-13-11-25(12-14-26)29-22-58-40(45-29)50-38(55)35(23(3)48-50)47-46-28-9-7-8-10-31(28)57-6-2/h7-14,20,22,42,48H,5-6,15-19,21,41H2,1-4H3,(H,43,53)(H,44,54). The van der Waals surface area contributed by atoms with Crippen molar-refractivity contribution in [2.75, 3.05) is 50.5 Å². The second-order valence-corrected chi connectivity index (χ2v) is 15.0. The Hall–Kier alpha value is -6.44. The summed E-state index contributed by atoms with van der Waals surface area (Å²) in [6, 6.07) is 14.8. The maximum Gasteiger partial charge on any atom is 0.301 e. The highest BCUT2D eigenvalue weighted by Crippen LogP contribution is 2.38. The van der Waals surface area contributed by atoms with Crippen molar-refractivity contribution in [2.24, 2.45) is 10.2 Å². The van der Waals surface area contributed by atoms with Crippen molar-refractivity contribution in [3.8, 4) is 22.1 Å². The molecule has 19 heteroatoms. The van der Waals surface area contributed by atoms with Crippen LogP contribution in [0.3, 0.4) is 0 Å². The smallest absolute Gasteiger partial charge is 0.301 e. The summed E-state index contributed by atoms with van der Waals surface area (Å²) in [6.45, 7) is 8.23. The number of carbonyl (C=O) groups excluding carboxylic acids is 4. The van der Waals surface area contributed by atoms with E-state index in [1.54, 1.807) is 19.1 Å². The van der Waals surface area contributed by atoms with Gasteiger partial charge in [0.15, 0.2) is 5.69 Å². The summed E-state index contributed by atoms with van der Waals surface area (Å²) in [7, 11) is 0. The summed E-state index contributed by atoms with van der Waals surface area (Å²) in [5.74, 6) is -0.697. The number of fused-ring (bicyclic) bond motifs is 1. The predicted octanol–water partition coefficient (Wildman–Crippen LogP) is 6.63. The molecular weight excluding hydrogens is 797 g/mol. The zero-order valence-electron chi connectivity index (χ0n) is 32.9. The van der Waals surface area contributed by atoms with Crippen LogP contribution in [0.4, 0.5) is 22.7 Å². The average Bonchev–Trinajstić information content (AvgIpc) is 4.00. The molecule has 2 amide bonds. The van der Waals surface area contributed by atoms with E-state index in [0.29, 0.717) is 57.9 Å². The number of Topliss-reactive ketones (excluding diaryl/α,β-unsaturated/α-hetero) is 1. The van der Waals surface area contributed by atoms with Crippen molar-refractivity contribution in [3.05, 3.63) is 86.6 Å². The highest BCUT2D eigenvalue weighted by molar-refractivity contribution is 7.21. The summed E-state index contributed by atoms with van der Waals surface area (Å²) in [5.41, 5.74) is 9.89. The van der Waals surface area contributed by atoms with Crippen LogP contribution in [0.15, 0.2) is 75.1 Å². The van der Waals surface area contributed by atoms with Crippen LogP contribution in [0.1, 0.15) is 64.1 Å². The first-order chi connectivity index (χ1) is 28.5. The fraction of sp³-hybridized carbons (Fsp3) is 0.300. The third-order valence-corrected chi connectivity index (χ3v) is 10.9. The second-order valence-electron chi connectivity index (χ2n) is 13.1. The van der Waals surface area contributed by atoms with Gasteiger partial charge in [-0.05, 0) is 44.5 Å². The normalized spacial score (nSPS) is 11.3. The lowest BCUT2D eigenvalue weighted by molar-refractivity contribution is -0.121. The summed E-state index contributed by atoms with van der Waals surface area (Å²) >= 11 is 2.34. The molecule has 0 unspecified atom stereocenters. The van der Waals surface area contributed by atoms with Gasteiger partial charge in [-0.25, -0.2) is 4.98 Å². The van der Waals surface area contributed by atoms with Gasteiger partial charge < -0.3 is 31.2 Å². The fourth-order valence-electron chi connectivity index (χ4n) is 5.93. The minimum Gasteiger partial charge on any atom is -0.492 e. The number of aromatic nitrogens is 4. The molecule has 0 spiro atoms. The number of thiophene rings is 1. The van der Waals surface area contributed by atoms with E-state index in [2.05, 4.69) is 36.3 Å². The van der Waals surface area contributed by atoms with E-state index in [9.17, 15) is 24.0 Å². The molecule has 59 heavy (non-hydrogen) atoms. The number of aryl methyl sites for hydroxylation is 1. The van der Waals surface area contributed by atoms with E-state index in [4.69, 9.17) is 15.2 Å². The summed E-state index contributed by atoms with van der Waals surface area (Å²) in [4.78, 5) is 69.0. The number of anilines is 2. The number of nitrogen functional groups attached to an aromatic ring is 1. The first-order valence-electron chi connectivity index (χ1n) is 18.9. The summed E-state index contributed by atoms with van der Waals surface area (Å²) in [5, 5.41) is 23.0. The Morgan fingerprint density at radius 2 is 1.78 bits per heavy atom. The molecule has 6 rings (SSSR count). The molecule has 0 aliphatic heterocycles.